The van der Waals surface area contributed by atoms with E-state index in [1.807, 2.05) is 12.1 Å². The Morgan fingerprint density at radius 2 is 2.17 bits per heavy atom. The SMILES string of the molecule is CC(C)n1ccc2[c]cccc21. The minimum Gasteiger partial charge on any atom is -0.345 e. The molecule has 0 unspecified atom stereocenters. The molecule has 0 aliphatic rings. The van der Waals surface area contributed by atoms with Crippen molar-refractivity contribution in [2.24, 2.45) is 0 Å². The van der Waals surface area contributed by atoms with Gasteiger partial charge in [-0.3, -0.25) is 0 Å². The van der Waals surface area contributed by atoms with Gasteiger partial charge in [-0.05, 0) is 32.0 Å². The highest BCUT2D eigenvalue weighted by molar-refractivity contribution is 5.79. The maximum atomic E-state index is 3.21. The Labute approximate surface area is 72.6 Å². The predicted octanol–water partition coefficient (Wildman–Crippen LogP) is 3.02. The van der Waals surface area contributed by atoms with E-state index in [4.69, 9.17) is 0 Å². The summed E-state index contributed by atoms with van der Waals surface area (Å²) in [4.78, 5) is 0. The summed E-state index contributed by atoms with van der Waals surface area (Å²) in [5.74, 6) is 0. The van der Waals surface area contributed by atoms with Crippen LogP contribution in [0.1, 0.15) is 19.9 Å². The molecule has 1 aromatic carbocycles. The Balaban J connectivity index is 2.70. The molecule has 0 saturated heterocycles. The molecule has 2 rings (SSSR count). The molecule has 1 heteroatoms. The highest BCUT2D eigenvalue weighted by atomic mass is 15.0. The molecule has 0 aliphatic carbocycles. The Bertz CT molecular complexity index is 385. The molecule has 1 heterocycles. The molecule has 0 N–H and O–H groups in total. The summed E-state index contributed by atoms with van der Waals surface area (Å²) in [5, 5.41) is 1.20. The summed E-state index contributed by atoms with van der Waals surface area (Å²) in [5.41, 5.74) is 1.27. The van der Waals surface area contributed by atoms with Crippen molar-refractivity contribution in [2.75, 3.05) is 0 Å². The molecule has 0 saturated carbocycles. The zero-order valence-corrected chi connectivity index (χ0v) is 7.41. The number of rotatable bonds is 1. The Hall–Kier alpha value is -1.24. The second-order valence-electron chi connectivity index (χ2n) is 3.29. The van der Waals surface area contributed by atoms with Crippen LogP contribution >= 0.6 is 0 Å². The van der Waals surface area contributed by atoms with Crippen LogP contribution in [-0.2, 0) is 0 Å². The number of benzene rings is 1. The Kier molecular flexibility index (Phi) is 1.65. The quantitative estimate of drug-likeness (QED) is 0.601. The summed E-state index contributed by atoms with van der Waals surface area (Å²) in [6, 6.07) is 11.9. The van der Waals surface area contributed by atoms with Crippen molar-refractivity contribution in [2.45, 2.75) is 19.9 Å². The number of fused-ring (bicyclic) bond motifs is 1. The largest absolute Gasteiger partial charge is 0.345 e. The van der Waals surface area contributed by atoms with Crippen LogP contribution in [0.15, 0.2) is 30.5 Å². The minimum atomic E-state index is 0.526. The van der Waals surface area contributed by atoms with Gasteiger partial charge in [-0.2, -0.15) is 0 Å². The number of hydrogen-bond acceptors (Lipinski definition) is 0. The zero-order valence-electron chi connectivity index (χ0n) is 7.41. The van der Waals surface area contributed by atoms with Gasteiger partial charge in [0, 0.05) is 23.1 Å². The van der Waals surface area contributed by atoms with Gasteiger partial charge in [0.15, 0.2) is 0 Å². The minimum absolute atomic E-state index is 0.526. The van der Waals surface area contributed by atoms with Gasteiger partial charge in [0.1, 0.15) is 0 Å². The average molecular weight is 158 g/mol. The standard InChI is InChI=1S/C11H12N/c1-9(2)12-8-7-10-5-3-4-6-11(10)12/h3-4,6-9H,1-2H3. The highest BCUT2D eigenvalue weighted by Crippen LogP contribution is 2.18. The van der Waals surface area contributed by atoms with Crippen molar-refractivity contribution >= 4 is 10.9 Å². The van der Waals surface area contributed by atoms with Gasteiger partial charge in [-0.25, -0.2) is 0 Å². The number of aromatic nitrogens is 1. The summed E-state index contributed by atoms with van der Waals surface area (Å²) in [6.45, 7) is 4.37. The third-order valence-corrected chi connectivity index (χ3v) is 2.10. The molecule has 0 fully saturated rings. The van der Waals surface area contributed by atoms with E-state index in [-0.39, 0.29) is 0 Å². The van der Waals surface area contributed by atoms with E-state index >= 15 is 0 Å². The fourth-order valence-electron chi connectivity index (χ4n) is 1.48. The second kappa shape index (κ2) is 2.67. The second-order valence-corrected chi connectivity index (χ2v) is 3.29. The van der Waals surface area contributed by atoms with Crippen molar-refractivity contribution in [3.05, 3.63) is 36.5 Å². The third-order valence-electron chi connectivity index (χ3n) is 2.10. The van der Waals surface area contributed by atoms with Crippen molar-refractivity contribution < 1.29 is 0 Å². The first kappa shape index (κ1) is 7.41. The maximum Gasteiger partial charge on any atom is 0.0488 e. The molecule has 1 aromatic heterocycles. The molecule has 0 amide bonds. The van der Waals surface area contributed by atoms with Crippen LogP contribution in [-0.4, -0.2) is 4.57 Å². The van der Waals surface area contributed by atoms with Crippen molar-refractivity contribution in [3.8, 4) is 0 Å². The Morgan fingerprint density at radius 1 is 1.33 bits per heavy atom. The monoisotopic (exact) mass is 158 g/mol. The average Bonchev–Trinajstić information content (AvgIpc) is 2.47. The summed E-state index contributed by atoms with van der Waals surface area (Å²) in [7, 11) is 0. The van der Waals surface area contributed by atoms with E-state index in [9.17, 15) is 0 Å². The van der Waals surface area contributed by atoms with Gasteiger partial charge in [0.25, 0.3) is 0 Å². The van der Waals surface area contributed by atoms with Gasteiger partial charge in [0.05, 0.1) is 0 Å². The van der Waals surface area contributed by atoms with Gasteiger partial charge in [0.2, 0.25) is 0 Å². The summed E-state index contributed by atoms with van der Waals surface area (Å²) < 4.78 is 2.26. The lowest BCUT2D eigenvalue weighted by atomic mass is 10.2. The predicted molar refractivity (Wildman–Crippen MR) is 51.2 cm³/mol. The lowest BCUT2D eigenvalue weighted by molar-refractivity contribution is 0.623. The van der Waals surface area contributed by atoms with Crippen molar-refractivity contribution in [3.63, 3.8) is 0 Å². The molecular formula is C11H12N. The first-order valence-corrected chi connectivity index (χ1v) is 4.26. The Morgan fingerprint density at radius 3 is 2.92 bits per heavy atom. The third kappa shape index (κ3) is 1.02. The number of hydrogen-bond donors (Lipinski definition) is 0. The van der Waals surface area contributed by atoms with Crippen LogP contribution in [0.4, 0.5) is 0 Å². The summed E-state index contributed by atoms with van der Waals surface area (Å²) >= 11 is 0. The fraction of sp³-hybridized carbons (Fsp3) is 0.273. The molecule has 0 atom stereocenters. The number of nitrogens with zero attached hydrogens (tertiary/aromatic N) is 1. The lowest BCUT2D eigenvalue weighted by Gasteiger charge is -2.08. The molecule has 0 bridgehead atoms. The van der Waals surface area contributed by atoms with Crippen molar-refractivity contribution in [1.82, 2.24) is 4.57 Å². The topological polar surface area (TPSA) is 4.93 Å². The molecule has 2 aromatic rings. The van der Waals surface area contributed by atoms with Crippen molar-refractivity contribution in [1.29, 1.82) is 0 Å². The molecule has 1 radical (unpaired) electrons. The lowest BCUT2D eigenvalue weighted by Crippen LogP contribution is -1.97. The molecule has 0 spiro atoms. The molecule has 61 valence electrons. The molecular weight excluding hydrogens is 146 g/mol. The van der Waals surface area contributed by atoms with E-state index in [0.717, 1.165) is 0 Å². The normalized spacial score (nSPS) is 11.2. The van der Waals surface area contributed by atoms with Crippen LogP contribution < -0.4 is 0 Å². The van der Waals surface area contributed by atoms with Crippen LogP contribution in [0.25, 0.3) is 10.9 Å². The van der Waals surface area contributed by atoms with Crippen LogP contribution in [0.5, 0.6) is 0 Å². The van der Waals surface area contributed by atoms with Crippen LogP contribution in [0, 0.1) is 6.07 Å². The maximum absolute atomic E-state index is 3.21. The fourth-order valence-corrected chi connectivity index (χ4v) is 1.48. The van der Waals surface area contributed by atoms with E-state index in [2.05, 4.69) is 42.8 Å². The van der Waals surface area contributed by atoms with Gasteiger partial charge < -0.3 is 4.57 Å². The summed E-state index contributed by atoms with van der Waals surface area (Å²) in [6.07, 6.45) is 2.12. The van der Waals surface area contributed by atoms with Crippen LogP contribution in [0.3, 0.4) is 0 Å². The molecule has 1 nitrogen and oxygen atoms in total. The zero-order chi connectivity index (χ0) is 8.55. The van der Waals surface area contributed by atoms with E-state index in [1.165, 1.54) is 10.9 Å². The first-order chi connectivity index (χ1) is 5.79. The van der Waals surface area contributed by atoms with E-state index in [1.54, 1.807) is 0 Å². The van der Waals surface area contributed by atoms with Crippen LogP contribution in [0.2, 0.25) is 0 Å². The smallest absolute Gasteiger partial charge is 0.0488 e. The molecule has 12 heavy (non-hydrogen) atoms. The molecule has 0 aliphatic heterocycles. The van der Waals surface area contributed by atoms with E-state index in [0.29, 0.717) is 6.04 Å². The highest BCUT2D eigenvalue weighted by Gasteiger charge is 2.01. The van der Waals surface area contributed by atoms with Gasteiger partial charge in [-0.1, -0.05) is 12.1 Å². The van der Waals surface area contributed by atoms with E-state index < -0.39 is 0 Å². The first-order valence-electron chi connectivity index (χ1n) is 4.26. The van der Waals surface area contributed by atoms with Gasteiger partial charge >= 0.3 is 0 Å². The van der Waals surface area contributed by atoms with Gasteiger partial charge in [-0.15, -0.1) is 0 Å².